The summed E-state index contributed by atoms with van der Waals surface area (Å²) in [6.07, 6.45) is 3.63. The van der Waals surface area contributed by atoms with Crippen LogP contribution in [0.2, 0.25) is 0 Å². The molecule has 328 valence electrons. The van der Waals surface area contributed by atoms with E-state index in [1.54, 1.807) is 6.20 Å². The van der Waals surface area contributed by atoms with Crippen molar-refractivity contribution in [3.63, 3.8) is 0 Å². The van der Waals surface area contributed by atoms with Crippen molar-refractivity contribution < 1.29 is 4.42 Å². The molecule has 0 aliphatic carbocycles. The zero-order chi connectivity index (χ0) is 46.2. The van der Waals surface area contributed by atoms with E-state index in [0.29, 0.717) is 17.6 Å². The van der Waals surface area contributed by atoms with Gasteiger partial charge in [-0.1, -0.05) is 188 Å². The second kappa shape index (κ2) is 16.2. The third-order valence-electron chi connectivity index (χ3n) is 13.9. The Morgan fingerprint density at radius 3 is 1.81 bits per heavy atom. The smallest absolute Gasteiger partial charge is 0.238 e. The van der Waals surface area contributed by atoms with E-state index in [2.05, 4.69) is 216 Å². The molecule has 8 heteroatoms. The van der Waals surface area contributed by atoms with Crippen LogP contribution in [0.25, 0.3) is 104 Å². The lowest BCUT2D eigenvalue weighted by atomic mass is 9.98. The SMILES string of the molecule is c1ccc([Si](c2ccccc2)(c2ccccc2)c2cccc(-c3nc(-c4cccc5oc6ccncc6c45)nc(-n4c5ccccc5c5ccc(-c6cccc7sc8ccccc8c67)cc54)n3)c2)cc1. The van der Waals surface area contributed by atoms with Crippen molar-refractivity contribution >= 4 is 104 Å². The van der Waals surface area contributed by atoms with E-state index < -0.39 is 8.07 Å². The van der Waals surface area contributed by atoms with Crippen LogP contribution in [0.4, 0.5) is 0 Å². The monoisotopic (exact) mass is 929 g/mol. The number of benzene rings is 9. The molecule has 6 nitrogen and oxygen atoms in total. The number of thiophene rings is 1. The van der Waals surface area contributed by atoms with E-state index in [-0.39, 0.29) is 0 Å². The zero-order valence-corrected chi connectivity index (χ0v) is 39.4. The molecule has 0 N–H and O–H groups in total. The van der Waals surface area contributed by atoms with Crippen molar-refractivity contribution in [2.45, 2.75) is 0 Å². The average molecular weight is 930 g/mol. The van der Waals surface area contributed by atoms with Gasteiger partial charge in [-0.3, -0.25) is 9.55 Å². The molecule has 0 fully saturated rings. The van der Waals surface area contributed by atoms with Gasteiger partial charge in [0.1, 0.15) is 11.2 Å². The van der Waals surface area contributed by atoms with Crippen molar-refractivity contribution in [3.05, 3.63) is 237 Å². The first-order chi connectivity index (χ1) is 34.7. The van der Waals surface area contributed by atoms with Gasteiger partial charge in [-0.25, -0.2) is 4.98 Å². The summed E-state index contributed by atoms with van der Waals surface area (Å²) in [7, 11) is -2.90. The number of nitrogens with zero attached hydrogens (tertiary/aromatic N) is 5. The molecule has 0 saturated heterocycles. The second-order valence-electron chi connectivity index (χ2n) is 17.7. The van der Waals surface area contributed by atoms with E-state index in [1.165, 1.54) is 46.5 Å². The second-order valence-corrected chi connectivity index (χ2v) is 22.6. The summed E-state index contributed by atoms with van der Waals surface area (Å²) in [6, 6.07) is 80.7. The van der Waals surface area contributed by atoms with Gasteiger partial charge in [0.25, 0.3) is 0 Å². The molecule has 0 radical (unpaired) electrons. The summed E-state index contributed by atoms with van der Waals surface area (Å²) in [5, 5.41) is 11.7. The molecule has 0 spiro atoms. The van der Waals surface area contributed by atoms with Crippen LogP contribution in [0.15, 0.2) is 241 Å². The van der Waals surface area contributed by atoms with Crippen LogP contribution in [0.3, 0.4) is 0 Å². The summed E-state index contributed by atoms with van der Waals surface area (Å²) < 4.78 is 11.2. The molecule has 0 saturated carbocycles. The summed E-state index contributed by atoms with van der Waals surface area (Å²) in [5.41, 5.74) is 7.56. The highest BCUT2D eigenvalue weighted by molar-refractivity contribution is 7.26. The Hall–Kier alpha value is -8.82. The Morgan fingerprint density at radius 1 is 0.400 bits per heavy atom. The topological polar surface area (TPSA) is 69.6 Å². The van der Waals surface area contributed by atoms with Gasteiger partial charge in [0.15, 0.2) is 19.7 Å². The van der Waals surface area contributed by atoms with Gasteiger partial charge < -0.3 is 4.42 Å². The van der Waals surface area contributed by atoms with Gasteiger partial charge >= 0.3 is 0 Å². The number of fused-ring (bicyclic) bond motifs is 9. The maximum atomic E-state index is 6.42. The molecule has 5 heterocycles. The molecule has 0 aliphatic heterocycles. The van der Waals surface area contributed by atoms with Gasteiger partial charge in [0, 0.05) is 65.2 Å². The van der Waals surface area contributed by atoms with Crippen LogP contribution in [0.5, 0.6) is 0 Å². The fraction of sp³-hybridized carbons (Fsp3) is 0. The first-order valence-electron chi connectivity index (χ1n) is 23.4. The maximum absolute atomic E-state index is 6.42. The third-order valence-corrected chi connectivity index (χ3v) is 19.8. The molecular weight excluding hydrogens is 891 g/mol. The largest absolute Gasteiger partial charge is 0.456 e. The van der Waals surface area contributed by atoms with Crippen LogP contribution < -0.4 is 20.7 Å². The maximum Gasteiger partial charge on any atom is 0.238 e. The number of aromatic nitrogens is 5. The van der Waals surface area contributed by atoms with Crippen molar-refractivity contribution in [3.8, 4) is 39.9 Å². The Labute approximate surface area is 407 Å². The number of hydrogen-bond donors (Lipinski definition) is 0. The van der Waals surface area contributed by atoms with E-state index >= 15 is 0 Å². The highest BCUT2D eigenvalue weighted by Crippen LogP contribution is 2.42. The van der Waals surface area contributed by atoms with E-state index in [9.17, 15) is 0 Å². The number of rotatable bonds is 8. The molecule has 0 amide bonds. The van der Waals surface area contributed by atoms with Crippen LogP contribution in [-0.4, -0.2) is 32.6 Å². The molecule has 70 heavy (non-hydrogen) atoms. The van der Waals surface area contributed by atoms with Gasteiger partial charge in [-0.05, 0) is 68.3 Å². The number of pyridine rings is 1. The van der Waals surface area contributed by atoms with Gasteiger partial charge in [-0.15, -0.1) is 11.3 Å². The van der Waals surface area contributed by atoms with Crippen LogP contribution in [-0.2, 0) is 0 Å². The lowest BCUT2D eigenvalue weighted by molar-refractivity contribution is 0.668. The predicted octanol–water partition coefficient (Wildman–Crippen LogP) is 13.0. The van der Waals surface area contributed by atoms with Crippen molar-refractivity contribution in [1.29, 1.82) is 0 Å². The summed E-state index contributed by atoms with van der Waals surface area (Å²) in [4.78, 5) is 21.0. The van der Waals surface area contributed by atoms with Gasteiger partial charge in [0.05, 0.1) is 11.0 Å². The number of furan rings is 1. The molecular formula is C62H39N5OSSi. The molecule has 9 aromatic carbocycles. The van der Waals surface area contributed by atoms with Crippen LogP contribution in [0, 0.1) is 0 Å². The lowest BCUT2D eigenvalue weighted by Crippen LogP contribution is -2.74. The van der Waals surface area contributed by atoms with Gasteiger partial charge in [0.2, 0.25) is 5.95 Å². The number of para-hydroxylation sites is 1. The van der Waals surface area contributed by atoms with E-state index in [1.807, 2.05) is 35.7 Å². The van der Waals surface area contributed by atoms with Crippen LogP contribution >= 0.6 is 11.3 Å². The molecule has 0 aliphatic rings. The van der Waals surface area contributed by atoms with Crippen molar-refractivity contribution in [2.75, 3.05) is 0 Å². The lowest BCUT2D eigenvalue weighted by Gasteiger charge is -2.34. The van der Waals surface area contributed by atoms with Gasteiger partial charge in [-0.2, -0.15) is 9.97 Å². The molecule has 5 aromatic heterocycles. The summed E-state index contributed by atoms with van der Waals surface area (Å²) in [6.45, 7) is 0. The quantitative estimate of drug-likeness (QED) is 0.112. The average Bonchev–Trinajstić information content (AvgIpc) is 4.12. The molecule has 14 rings (SSSR count). The van der Waals surface area contributed by atoms with Crippen molar-refractivity contribution in [1.82, 2.24) is 24.5 Å². The molecule has 14 aromatic rings. The summed E-state index contributed by atoms with van der Waals surface area (Å²) in [5.74, 6) is 1.63. The standard InChI is InChI=1S/C62H39N5OSSi/c1-4-18-42(19-5-1)70(43-20-6-2-7-21-43,44-22-8-3-9-23-44)45-24-14-17-41(37-45)60-64-61(50-28-15-30-55-58(50)51-39-63-36-35-54(51)68-55)66-62(65-60)67-52-29-12-10-25-47(52)48-34-33-40(38-53(48)67)46-27-16-32-57-59(46)49-26-11-13-31-56(49)69-57/h1-39H. The fourth-order valence-corrected chi connectivity index (χ4v) is 16.8. The Kier molecular flexibility index (Phi) is 9.30. The predicted molar refractivity (Wildman–Crippen MR) is 292 cm³/mol. The zero-order valence-electron chi connectivity index (χ0n) is 37.6. The molecule has 0 atom stereocenters. The highest BCUT2D eigenvalue weighted by atomic mass is 32.1. The van der Waals surface area contributed by atoms with Crippen molar-refractivity contribution in [2.24, 2.45) is 0 Å². The highest BCUT2D eigenvalue weighted by Gasteiger charge is 2.41. The van der Waals surface area contributed by atoms with E-state index in [0.717, 1.165) is 60.4 Å². The molecule has 0 unspecified atom stereocenters. The number of hydrogen-bond acceptors (Lipinski definition) is 6. The first-order valence-corrected chi connectivity index (χ1v) is 26.3. The Bertz CT molecular complexity index is 4220. The minimum Gasteiger partial charge on any atom is -0.456 e. The third kappa shape index (κ3) is 6.24. The first kappa shape index (κ1) is 40.3. The fourth-order valence-electron chi connectivity index (χ4n) is 10.9. The summed E-state index contributed by atoms with van der Waals surface area (Å²) >= 11 is 1.84. The minimum atomic E-state index is -2.90. The Balaban J connectivity index is 1.05. The normalized spacial score (nSPS) is 12.0. The molecule has 0 bridgehead atoms. The van der Waals surface area contributed by atoms with E-state index in [4.69, 9.17) is 19.4 Å². The Morgan fingerprint density at radius 2 is 1.03 bits per heavy atom. The van der Waals surface area contributed by atoms with Crippen LogP contribution in [0.1, 0.15) is 0 Å². The minimum absolute atomic E-state index is 0.522.